The summed E-state index contributed by atoms with van der Waals surface area (Å²) >= 11 is 0. The Balaban J connectivity index is 0.00000363. The highest BCUT2D eigenvalue weighted by molar-refractivity contribution is 5.89. The summed E-state index contributed by atoms with van der Waals surface area (Å²) < 4.78 is 0.166. The number of carbonyl (C=O) groups is 2. The van der Waals surface area contributed by atoms with Crippen LogP contribution in [0.5, 0.6) is 0 Å². The summed E-state index contributed by atoms with van der Waals surface area (Å²) in [5.74, 6) is 0.0466. The molecule has 0 aromatic heterocycles. The van der Waals surface area contributed by atoms with Gasteiger partial charge in [-0.25, -0.2) is 9.28 Å². The summed E-state index contributed by atoms with van der Waals surface area (Å²) in [4.78, 5) is 25.9. The third kappa shape index (κ3) is 4.68. The molecule has 0 spiro atoms. The molecule has 3 rings (SSSR count). The first-order valence-electron chi connectivity index (χ1n) is 11.0. The minimum absolute atomic E-state index is 0. The second-order valence-corrected chi connectivity index (χ2v) is 8.57. The van der Waals surface area contributed by atoms with Crippen LogP contribution >= 0.6 is 12.4 Å². The van der Waals surface area contributed by atoms with Crippen molar-refractivity contribution in [3.63, 3.8) is 0 Å². The minimum atomic E-state index is -1.18. The highest BCUT2D eigenvalue weighted by atomic mass is 35.5. The summed E-state index contributed by atoms with van der Waals surface area (Å²) in [6, 6.07) is 14.2. The molecule has 1 unspecified atom stereocenters. The van der Waals surface area contributed by atoms with Crippen LogP contribution < -0.4 is 14.9 Å². The van der Waals surface area contributed by atoms with Crippen LogP contribution in [0.2, 0.25) is 0 Å². The van der Waals surface area contributed by atoms with Gasteiger partial charge in [0.15, 0.2) is 0 Å². The lowest BCUT2D eigenvalue weighted by Crippen LogP contribution is -2.60. The van der Waals surface area contributed by atoms with E-state index in [0.29, 0.717) is 13.0 Å². The number of nitrogens with one attached hydrogen (secondary N) is 1. The van der Waals surface area contributed by atoms with Crippen molar-refractivity contribution < 1.29 is 14.7 Å². The van der Waals surface area contributed by atoms with Crippen molar-refractivity contribution in [2.24, 2.45) is 0 Å². The van der Waals surface area contributed by atoms with E-state index in [1.54, 1.807) is 6.92 Å². The van der Waals surface area contributed by atoms with Gasteiger partial charge in [-0.15, -0.1) is 12.4 Å². The van der Waals surface area contributed by atoms with E-state index >= 15 is 0 Å². The van der Waals surface area contributed by atoms with E-state index in [4.69, 9.17) is 0 Å². The van der Waals surface area contributed by atoms with Gasteiger partial charge in [-0.3, -0.25) is 0 Å². The number of hydrogen-bond acceptors (Lipinski definition) is 4. The van der Waals surface area contributed by atoms with E-state index in [2.05, 4.69) is 35.6 Å². The molecule has 0 aliphatic carbocycles. The van der Waals surface area contributed by atoms with Gasteiger partial charge in [-0.1, -0.05) is 24.3 Å². The van der Waals surface area contributed by atoms with Crippen LogP contribution in [0.3, 0.4) is 0 Å². The van der Waals surface area contributed by atoms with E-state index in [1.807, 2.05) is 40.1 Å². The van der Waals surface area contributed by atoms with Crippen LogP contribution in [0.15, 0.2) is 42.5 Å². The topological polar surface area (TPSA) is 72.5 Å². The van der Waals surface area contributed by atoms with E-state index in [0.717, 1.165) is 35.3 Å². The van der Waals surface area contributed by atoms with Crippen molar-refractivity contribution in [3.8, 4) is 11.1 Å². The molecule has 0 saturated carbocycles. The van der Waals surface area contributed by atoms with Gasteiger partial charge in [0.25, 0.3) is 0 Å². The van der Waals surface area contributed by atoms with Gasteiger partial charge in [0, 0.05) is 24.6 Å². The molecule has 1 heterocycles. The molecule has 1 aliphatic heterocycles. The fourth-order valence-electron chi connectivity index (χ4n) is 4.71. The Morgan fingerprint density at radius 2 is 1.78 bits per heavy atom. The third-order valence-electron chi connectivity index (χ3n) is 6.89. The fraction of sp³-hybridized carbons (Fsp3) is 0.440. The van der Waals surface area contributed by atoms with E-state index < -0.39 is 6.09 Å². The quantitative estimate of drug-likeness (QED) is 0.671. The van der Waals surface area contributed by atoms with E-state index in [1.165, 1.54) is 10.5 Å². The Labute approximate surface area is 197 Å². The van der Waals surface area contributed by atoms with Gasteiger partial charge in [0.2, 0.25) is 0 Å². The van der Waals surface area contributed by atoms with Crippen molar-refractivity contribution in [1.29, 1.82) is 0 Å². The Hall–Kier alpha value is -2.41. The average Bonchev–Trinajstić information content (AvgIpc) is 2.75. The van der Waals surface area contributed by atoms with Gasteiger partial charge in [0.1, 0.15) is 11.8 Å². The summed E-state index contributed by atoms with van der Waals surface area (Å²) in [6.45, 7) is 6.71. The first kappa shape index (κ1) is 25.8. The number of hydrogen-bond donors (Lipinski definition) is 1. The predicted octanol–water partition coefficient (Wildman–Crippen LogP) is 3.52. The zero-order valence-electron chi connectivity index (χ0n) is 19.6. The Kier molecular flexibility index (Phi) is 8.46. The van der Waals surface area contributed by atoms with E-state index in [9.17, 15) is 14.7 Å². The number of quaternary nitrogens is 1. The highest BCUT2D eigenvalue weighted by Crippen LogP contribution is 2.45. The number of benzene rings is 2. The van der Waals surface area contributed by atoms with Crippen LogP contribution in [0.25, 0.3) is 11.1 Å². The molecule has 32 heavy (non-hydrogen) atoms. The fourth-order valence-corrected chi connectivity index (χ4v) is 4.71. The van der Waals surface area contributed by atoms with Crippen LogP contribution in [-0.2, 0) is 11.2 Å². The van der Waals surface area contributed by atoms with Crippen molar-refractivity contribution in [2.45, 2.75) is 45.7 Å². The molecular weight excluding hydrogens is 426 g/mol. The number of fused-ring (bicyclic) bond motifs is 1. The van der Waals surface area contributed by atoms with Crippen molar-refractivity contribution in [3.05, 3.63) is 53.6 Å². The van der Waals surface area contributed by atoms with Gasteiger partial charge in [-0.05, 0) is 62.7 Å². The van der Waals surface area contributed by atoms with Gasteiger partial charge < -0.3 is 20.1 Å². The van der Waals surface area contributed by atoms with Gasteiger partial charge in [-0.2, -0.15) is 0 Å². The third-order valence-corrected chi connectivity index (χ3v) is 6.89. The molecule has 0 saturated heterocycles. The number of carbonyl (C=O) groups excluding carboxylic acids is 2. The molecular formula is C25H34ClN3O3. The molecule has 0 fully saturated rings. The SMILES string of the molecule is CCN(C(=O)[O-])[C@@H]1C[C@H](C)[N+](C)(C(C)=O)c2ccc(-c3ccc(CCNC)cc3)cc21.Cl. The van der Waals surface area contributed by atoms with Crippen molar-refractivity contribution in [1.82, 2.24) is 14.7 Å². The average molecular weight is 460 g/mol. The van der Waals surface area contributed by atoms with Crippen LogP contribution in [0, 0.1) is 0 Å². The van der Waals surface area contributed by atoms with Crippen molar-refractivity contribution in [2.75, 3.05) is 27.2 Å². The lowest BCUT2D eigenvalue weighted by Gasteiger charge is -2.47. The van der Waals surface area contributed by atoms with Crippen LogP contribution in [0.4, 0.5) is 10.5 Å². The second-order valence-electron chi connectivity index (χ2n) is 8.57. The smallest absolute Gasteiger partial charge is 0.315 e. The first-order valence-corrected chi connectivity index (χ1v) is 11.0. The molecule has 6 nitrogen and oxygen atoms in total. The number of halogens is 1. The number of amides is 2. The number of carboxylic acid groups (broad SMARTS) is 1. The van der Waals surface area contributed by atoms with Gasteiger partial charge in [0.05, 0.1) is 26.1 Å². The lowest BCUT2D eigenvalue weighted by molar-refractivity contribution is -0.268. The van der Waals surface area contributed by atoms with Gasteiger partial charge >= 0.3 is 5.91 Å². The second kappa shape index (κ2) is 10.5. The molecule has 7 heteroatoms. The standard InChI is InChI=1S/C25H33N3O3.ClH/c1-6-27(25(30)31)23-15-17(2)28(5,18(3)29)24-12-11-21(16-22(23)24)20-9-7-19(8-10-20)13-14-26-4;/h7-12,16-17,23,26H,6,13-15H2,1-5H3;1H/t17-,23+,28?;/m0./s1. The largest absolute Gasteiger partial charge is 0.530 e. The normalized spacial score (nSPS) is 21.9. The molecule has 2 aromatic rings. The van der Waals surface area contributed by atoms with E-state index in [-0.39, 0.29) is 34.9 Å². The Morgan fingerprint density at radius 3 is 2.31 bits per heavy atom. The Morgan fingerprint density at radius 1 is 1.16 bits per heavy atom. The number of rotatable bonds is 6. The molecule has 0 bridgehead atoms. The summed E-state index contributed by atoms with van der Waals surface area (Å²) in [5, 5.41) is 15.0. The molecule has 2 amide bonds. The van der Waals surface area contributed by atoms with Crippen LogP contribution in [-0.4, -0.2) is 50.1 Å². The number of likely N-dealkylation sites (N-methyl/N-ethyl adjacent to an activating group) is 1. The van der Waals surface area contributed by atoms with Crippen molar-refractivity contribution >= 4 is 30.1 Å². The first-order chi connectivity index (χ1) is 14.7. The Bertz CT molecular complexity index is 963. The zero-order chi connectivity index (χ0) is 22.8. The molecule has 0 radical (unpaired) electrons. The molecule has 3 atom stereocenters. The maximum Gasteiger partial charge on any atom is 0.315 e. The summed E-state index contributed by atoms with van der Waals surface area (Å²) in [7, 11) is 3.87. The maximum atomic E-state index is 12.7. The molecule has 1 N–H and O–H groups in total. The number of nitrogens with zero attached hydrogens (tertiary/aromatic N) is 2. The summed E-state index contributed by atoms with van der Waals surface area (Å²) in [6.07, 6.45) is 0.355. The highest BCUT2D eigenvalue weighted by Gasteiger charge is 2.47. The summed E-state index contributed by atoms with van der Waals surface area (Å²) in [5.41, 5.74) is 5.10. The van der Waals surface area contributed by atoms with Crippen LogP contribution in [0.1, 0.15) is 44.4 Å². The molecule has 2 aromatic carbocycles. The monoisotopic (exact) mass is 459 g/mol. The predicted molar refractivity (Wildman–Crippen MR) is 130 cm³/mol. The molecule has 1 aliphatic rings. The maximum absolute atomic E-state index is 12.7. The minimum Gasteiger partial charge on any atom is -0.530 e. The molecule has 174 valence electrons. The lowest BCUT2D eigenvalue weighted by atomic mass is 9.86. The zero-order valence-corrected chi connectivity index (χ0v) is 20.4.